The van der Waals surface area contributed by atoms with E-state index in [9.17, 15) is 14.7 Å². The lowest BCUT2D eigenvalue weighted by Crippen LogP contribution is -2.54. The molecule has 0 saturated heterocycles. The van der Waals surface area contributed by atoms with Gasteiger partial charge >= 0.3 is 5.97 Å². The summed E-state index contributed by atoms with van der Waals surface area (Å²) < 4.78 is 0. The summed E-state index contributed by atoms with van der Waals surface area (Å²) in [6.07, 6.45) is 12.6. The highest BCUT2D eigenvalue weighted by molar-refractivity contribution is 5.77. The summed E-state index contributed by atoms with van der Waals surface area (Å²) in [5, 5.41) is 19.3. The third-order valence-electron chi connectivity index (χ3n) is 11.5. The van der Waals surface area contributed by atoms with Crippen LogP contribution in [0.25, 0.3) is 0 Å². The van der Waals surface area contributed by atoms with Crippen molar-refractivity contribution in [3.8, 4) is 0 Å². The Hall–Kier alpha value is -1.10. The number of hydrogen-bond donors (Lipinski definition) is 2. The number of rotatable bonds is 8. The first-order chi connectivity index (χ1) is 16.1. The number of carbonyl (C=O) groups is 2. The van der Waals surface area contributed by atoms with Crippen LogP contribution in [0.5, 0.6) is 0 Å². The van der Waals surface area contributed by atoms with Gasteiger partial charge in [-0.3, -0.25) is 9.59 Å². The monoisotopic (exact) mass is 475 g/mol. The summed E-state index contributed by atoms with van der Waals surface area (Å²) in [5.74, 6) is 3.72. The highest BCUT2D eigenvalue weighted by Gasteiger charge is 2.60. The van der Waals surface area contributed by atoms with E-state index in [0.29, 0.717) is 48.1 Å². The predicted molar refractivity (Wildman–Crippen MR) is 134 cm³/mol. The van der Waals surface area contributed by atoms with Gasteiger partial charge < -0.3 is 15.1 Å². The molecule has 0 aromatic heterocycles. The van der Waals surface area contributed by atoms with Crippen LogP contribution in [-0.2, 0) is 9.59 Å². The molecule has 0 spiro atoms. The van der Waals surface area contributed by atoms with Crippen molar-refractivity contribution in [3.05, 3.63) is 0 Å². The Morgan fingerprint density at radius 2 is 1.68 bits per heavy atom. The van der Waals surface area contributed by atoms with Crippen LogP contribution < -0.4 is 0 Å². The Morgan fingerprint density at radius 1 is 0.971 bits per heavy atom. The molecule has 0 radical (unpaired) electrons. The molecule has 4 fully saturated rings. The highest BCUT2D eigenvalue weighted by atomic mass is 16.4. The Labute approximate surface area is 207 Å². The largest absolute Gasteiger partial charge is 0.481 e. The van der Waals surface area contributed by atoms with Crippen molar-refractivity contribution in [1.82, 2.24) is 4.90 Å². The molecule has 0 aromatic carbocycles. The molecule has 0 aromatic rings. The lowest BCUT2D eigenvalue weighted by molar-refractivity contribution is -0.138. The maximum absolute atomic E-state index is 12.8. The molecular formula is C29H49NO4. The topological polar surface area (TPSA) is 77.8 Å². The fraction of sp³-hybridized carbons (Fsp3) is 0.931. The summed E-state index contributed by atoms with van der Waals surface area (Å²) in [4.78, 5) is 25.4. The molecule has 0 aliphatic heterocycles. The fourth-order valence-electron chi connectivity index (χ4n) is 9.61. The number of aliphatic hydroxyl groups excluding tert-OH is 1. The van der Waals surface area contributed by atoms with Crippen LogP contribution in [0.3, 0.4) is 0 Å². The van der Waals surface area contributed by atoms with Crippen molar-refractivity contribution >= 4 is 11.9 Å². The zero-order chi connectivity index (χ0) is 24.7. The Balaban J connectivity index is 1.38. The van der Waals surface area contributed by atoms with Gasteiger partial charge in [0.25, 0.3) is 0 Å². The molecule has 0 bridgehead atoms. The standard InChI is InChI=1S/C29H49NO4/c1-5-30(17-14-27(33)34)26(32)11-6-19(2)23-9-10-24-22-8-7-20-18-21(31)12-15-28(20,3)25(22)13-16-29(23,24)4/h19-25,31H,5-18H2,1-4H3,(H,33,34)/t19-,20-,21-,22+,23-,24+,25+,28+,29-/m1/s1. The van der Waals surface area contributed by atoms with Crippen LogP contribution in [-0.4, -0.2) is 46.2 Å². The molecule has 4 rings (SSSR count). The number of aliphatic carboxylic acids is 1. The van der Waals surface area contributed by atoms with Crippen LogP contribution in [0.2, 0.25) is 0 Å². The first kappa shape index (κ1) is 26.0. The van der Waals surface area contributed by atoms with E-state index in [-0.39, 0.29) is 18.4 Å². The molecule has 5 heteroatoms. The van der Waals surface area contributed by atoms with Crippen LogP contribution >= 0.6 is 0 Å². The van der Waals surface area contributed by atoms with Gasteiger partial charge in [0.15, 0.2) is 0 Å². The molecule has 9 atom stereocenters. The van der Waals surface area contributed by atoms with Gasteiger partial charge in [0.05, 0.1) is 12.5 Å². The molecule has 0 unspecified atom stereocenters. The van der Waals surface area contributed by atoms with Gasteiger partial charge in [-0.15, -0.1) is 0 Å². The predicted octanol–water partition coefficient (Wildman–Crippen LogP) is 5.75. The number of hydrogen-bond acceptors (Lipinski definition) is 3. The maximum atomic E-state index is 12.8. The number of aliphatic hydroxyl groups is 1. The Morgan fingerprint density at radius 3 is 2.38 bits per heavy atom. The van der Waals surface area contributed by atoms with Crippen molar-refractivity contribution in [1.29, 1.82) is 0 Å². The van der Waals surface area contributed by atoms with E-state index < -0.39 is 5.97 Å². The molecule has 0 heterocycles. The second kappa shape index (κ2) is 10.1. The first-order valence-corrected chi connectivity index (χ1v) is 14.3. The Kier molecular flexibility index (Phi) is 7.72. The Bertz CT molecular complexity index is 754. The summed E-state index contributed by atoms with van der Waals surface area (Å²) in [6.45, 7) is 10.4. The lowest BCUT2D eigenvalue weighted by atomic mass is 9.44. The van der Waals surface area contributed by atoms with E-state index >= 15 is 0 Å². The van der Waals surface area contributed by atoms with E-state index in [1.807, 2.05) is 6.92 Å². The fourth-order valence-corrected chi connectivity index (χ4v) is 9.61. The second-order valence-electron chi connectivity index (χ2n) is 12.9. The first-order valence-electron chi connectivity index (χ1n) is 14.3. The number of fused-ring (bicyclic) bond motifs is 5. The molecule has 34 heavy (non-hydrogen) atoms. The van der Waals surface area contributed by atoms with E-state index in [1.54, 1.807) is 4.90 Å². The van der Waals surface area contributed by atoms with Crippen molar-refractivity contribution in [2.75, 3.05) is 13.1 Å². The lowest BCUT2D eigenvalue weighted by Gasteiger charge is -2.61. The summed E-state index contributed by atoms with van der Waals surface area (Å²) in [6, 6.07) is 0. The van der Waals surface area contributed by atoms with E-state index in [4.69, 9.17) is 5.11 Å². The third-order valence-corrected chi connectivity index (χ3v) is 11.5. The minimum Gasteiger partial charge on any atom is -0.481 e. The average Bonchev–Trinajstić information content (AvgIpc) is 3.15. The summed E-state index contributed by atoms with van der Waals surface area (Å²) in [5.41, 5.74) is 0.827. The summed E-state index contributed by atoms with van der Waals surface area (Å²) in [7, 11) is 0. The smallest absolute Gasteiger partial charge is 0.305 e. The molecular weight excluding hydrogens is 426 g/mol. The molecule has 4 aliphatic rings. The van der Waals surface area contributed by atoms with Crippen molar-refractivity contribution < 1.29 is 19.8 Å². The molecule has 5 nitrogen and oxygen atoms in total. The van der Waals surface area contributed by atoms with Crippen molar-refractivity contribution in [3.63, 3.8) is 0 Å². The number of nitrogens with zero attached hydrogens (tertiary/aromatic N) is 1. The van der Waals surface area contributed by atoms with Gasteiger partial charge in [-0.25, -0.2) is 0 Å². The quantitative estimate of drug-likeness (QED) is 0.469. The van der Waals surface area contributed by atoms with Gasteiger partial charge in [-0.2, -0.15) is 0 Å². The van der Waals surface area contributed by atoms with Gasteiger partial charge in [0, 0.05) is 19.5 Å². The molecule has 194 valence electrons. The molecule has 1 amide bonds. The summed E-state index contributed by atoms with van der Waals surface area (Å²) >= 11 is 0. The number of carbonyl (C=O) groups excluding carboxylic acids is 1. The van der Waals surface area contributed by atoms with Crippen LogP contribution in [0.1, 0.15) is 105 Å². The zero-order valence-corrected chi connectivity index (χ0v) is 22.1. The number of carboxylic acid groups (broad SMARTS) is 1. The maximum Gasteiger partial charge on any atom is 0.305 e. The van der Waals surface area contributed by atoms with E-state index in [0.717, 1.165) is 37.0 Å². The van der Waals surface area contributed by atoms with E-state index in [1.165, 1.54) is 44.9 Å². The molecule has 4 saturated carbocycles. The van der Waals surface area contributed by atoms with Crippen LogP contribution in [0, 0.1) is 46.3 Å². The number of amides is 1. The molecule has 4 aliphatic carbocycles. The van der Waals surface area contributed by atoms with Crippen molar-refractivity contribution in [2.24, 2.45) is 46.3 Å². The second-order valence-corrected chi connectivity index (χ2v) is 12.9. The van der Waals surface area contributed by atoms with E-state index in [2.05, 4.69) is 20.8 Å². The molecule has 2 N–H and O–H groups in total. The zero-order valence-electron chi connectivity index (χ0n) is 22.1. The van der Waals surface area contributed by atoms with Crippen LogP contribution in [0.15, 0.2) is 0 Å². The SMILES string of the molecule is CCN(CCC(=O)O)C(=O)CC[C@@H](C)[C@H]1CC[C@H]2[C@@H]3CC[C@@H]4C[C@H](O)CC[C@]4(C)[C@H]3CC[C@]12C. The average molecular weight is 476 g/mol. The minimum absolute atomic E-state index is 0.0266. The minimum atomic E-state index is -0.840. The van der Waals surface area contributed by atoms with Gasteiger partial charge in [-0.1, -0.05) is 20.8 Å². The number of carboxylic acids is 1. The van der Waals surface area contributed by atoms with Crippen LogP contribution in [0.4, 0.5) is 0 Å². The normalized spacial score (nSPS) is 42.3. The third kappa shape index (κ3) is 4.67. The van der Waals surface area contributed by atoms with Gasteiger partial charge in [-0.05, 0) is 117 Å². The highest BCUT2D eigenvalue weighted by Crippen LogP contribution is 2.68. The van der Waals surface area contributed by atoms with Crippen molar-refractivity contribution in [2.45, 2.75) is 111 Å². The van der Waals surface area contributed by atoms with Gasteiger partial charge in [0.2, 0.25) is 5.91 Å². The van der Waals surface area contributed by atoms with Gasteiger partial charge in [0.1, 0.15) is 0 Å².